The van der Waals surface area contributed by atoms with Crippen molar-refractivity contribution >= 4 is 34.4 Å². The van der Waals surface area contributed by atoms with E-state index in [0.29, 0.717) is 40.0 Å². The van der Waals surface area contributed by atoms with Crippen LogP contribution in [0, 0.1) is 5.92 Å². The fraction of sp³-hybridized carbons (Fsp3) is 0.417. The Bertz CT molecular complexity index is 1320. The van der Waals surface area contributed by atoms with Gasteiger partial charge in [0, 0.05) is 51.4 Å². The number of carbonyl (C=O) groups excluding carboxylic acids is 3. The molecule has 188 valence electrons. The molecule has 36 heavy (non-hydrogen) atoms. The van der Waals surface area contributed by atoms with Gasteiger partial charge in [-0.1, -0.05) is 5.16 Å². The molecule has 12 heteroatoms. The van der Waals surface area contributed by atoms with Gasteiger partial charge in [-0.15, -0.1) is 11.3 Å². The van der Waals surface area contributed by atoms with E-state index in [1.54, 1.807) is 18.2 Å². The fourth-order valence-corrected chi connectivity index (χ4v) is 5.55. The van der Waals surface area contributed by atoms with Crippen LogP contribution in [0.1, 0.15) is 28.2 Å². The number of alkyl halides is 3. The third kappa shape index (κ3) is 4.12. The Hall–Kier alpha value is -3.41. The fourth-order valence-electron chi connectivity index (χ4n) is 4.63. The molecule has 2 aromatic rings. The maximum absolute atomic E-state index is 13.2. The van der Waals surface area contributed by atoms with Crippen molar-refractivity contribution in [1.29, 1.82) is 0 Å². The molecule has 0 spiro atoms. The van der Waals surface area contributed by atoms with Gasteiger partial charge in [-0.2, -0.15) is 13.2 Å². The van der Waals surface area contributed by atoms with Crippen LogP contribution in [0.25, 0.3) is 16.2 Å². The Labute approximate surface area is 207 Å². The molecule has 3 saturated heterocycles. The number of aromatic nitrogens is 1. The molecule has 0 saturated carbocycles. The second kappa shape index (κ2) is 8.32. The number of ketones is 2. The molecule has 3 aliphatic heterocycles. The molecule has 0 aromatic carbocycles. The van der Waals surface area contributed by atoms with Crippen LogP contribution in [-0.2, 0) is 9.59 Å². The first-order chi connectivity index (χ1) is 17.2. The summed E-state index contributed by atoms with van der Waals surface area (Å²) in [4.78, 5) is 45.0. The topological polar surface area (TPSA) is 86.5 Å². The van der Waals surface area contributed by atoms with Crippen molar-refractivity contribution in [2.75, 3.05) is 39.3 Å². The summed E-state index contributed by atoms with van der Waals surface area (Å²) in [7, 11) is 0. The molecule has 4 aliphatic rings. The standard InChI is InChI=1S/C24H21F3N4O4S/c25-24(26,27)13-3-5-31(6-4-13)23(34)19-2-1-18(36-19)17-11-14(28-35-17)20-21(30-9-10-30)16(32)12-15(22(20)33)29-7-8-29/h1-2,11-13H,3-10H2. The van der Waals surface area contributed by atoms with E-state index < -0.39 is 12.1 Å². The van der Waals surface area contributed by atoms with Gasteiger partial charge in [0.05, 0.1) is 32.6 Å². The molecule has 0 N–H and O–H groups in total. The third-order valence-corrected chi connectivity index (χ3v) is 7.91. The lowest BCUT2D eigenvalue weighted by atomic mass is 9.94. The highest BCUT2D eigenvalue weighted by molar-refractivity contribution is 7.17. The molecule has 0 radical (unpaired) electrons. The molecule has 2 aromatic heterocycles. The minimum atomic E-state index is -4.24. The molecule has 0 bridgehead atoms. The third-order valence-electron chi connectivity index (χ3n) is 6.82. The van der Waals surface area contributed by atoms with Crippen LogP contribution < -0.4 is 0 Å². The minimum Gasteiger partial charge on any atom is -0.365 e. The van der Waals surface area contributed by atoms with E-state index >= 15 is 0 Å². The van der Waals surface area contributed by atoms with Gasteiger partial charge in [-0.25, -0.2) is 0 Å². The van der Waals surface area contributed by atoms with Crippen molar-refractivity contribution in [1.82, 2.24) is 19.9 Å². The number of hydrogen-bond donors (Lipinski definition) is 0. The maximum Gasteiger partial charge on any atom is 0.391 e. The van der Waals surface area contributed by atoms with E-state index in [4.69, 9.17) is 4.52 Å². The Morgan fingerprint density at radius 1 is 1.03 bits per heavy atom. The molecule has 8 nitrogen and oxygen atoms in total. The van der Waals surface area contributed by atoms with E-state index in [1.807, 2.05) is 9.80 Å². The van der Waals surface area contributed by atoms with Crippen molar-refractivity contribution in [2.24, 2.45) is 5.92 Å². The van der Waals surface area contributed by atoms with Gasteiger partial charge in [0.2, 0.25) is 11.6 Å². The zero-order valence-corrected chi connectivity index (χ0v) is 19.8. The van der Waals surface area contributed by atoms with Crippen molar-refractivity contribution in [3.8, 4) is 10.6 Å². The lowest BCUT2D eigenvalue weighted by Gasteiger charge is -2.32. The van der Waals surface area contributed by atoms with Gasteiger partial charge < -0.3 is 19.2 Å². The average Bonchev–Trinajstić information content (AvgIpc) is 3.77. The van der Waals surface area contributed by atoms with Gasteiger partial charge in [0.15, 0.2) is 5.76 Å². The molecule has 1 amide bonds. The number of likely N-dealkylation sites (tertiary alicyclic amines) is 1. The molecular weight excluding hydrogens is 497 g/mol. The largest absolute Gasteiger partial charge is 0.391 e. The van der Waals surface area contributed by atoms with Crippen LogP contribution in [0.5, 0.6) is 0 Å². The van der Waals surface area contributed by atoms with Crippen LogP contribution in [-0.4, -0.2) is 82.8 Å². The lowest BCUT2D eigenvalue weighted by molar-refractivity contribution is -0.183. The van der Waals surface area contributed by atoms with E-state index in [0.717, 1.165) is 24.4 Å². The number of carbonyl (C=O) groups is 3. The Morgan fingerprint density at radius 2 is 1.72 bits per heavy atom. The summed E-state index contributed by atoms with van der Waals surface area (Å²) in [5, 5.41) is 4.08. The predicted octanol–water partition coefficient (Wildman–Crippen LogP) is 3.20. The monoisotopic (exact) mass is 518 g/mol. The van der Waals surface area contributed by atoms with Crippen LogP contribution in [0.15, 0.2) is 40.2 Å². The summed E-state index contributed by atoms with van der Waals surface area (Å²) >= 11 is 1.15. The number of hydrogen-bond acceptors (Lipinski definition) is 8. The number of piperidine rings is 1. The summed E-state index contributed by atoms with van der Waals surface area (Å²) < 4.78 is 44.3. The Balaban J connectivity index is 1.22. The highest BCUT2D eigenvalue weighted by Crippen LogP contribution is 2.38. The van der Waals surface area contributed by atoms with E-state index in [1.165, 1.54) is 11.0 Å². The highest BCUT2D eigenvalue weighted by Gasteiger charge is 2.42. The second-order valence-corrected chi connectivity index (χ2v) is 10.4. The van der Waals surface area contributed by atoms with E-state index in [-0.39, 0.29) is 54.7 Å². The van der Waals surface area contributed by atoms with Gasteiger partial charge in [-0.3, -0.25) is 14.4 Å². The summed E-state index contributed by atoms with van der Waals surface area (Å²) in [5.74, 6) is -1.85. The van der Waals surface area contributed by atoms with Gasteiger partial charge in [0.1, 0.15) is 5.69 Å². The van der Waals surface area contributed by atoms with Crippen molar-refractivity contribution in [3.63, 3.8) is 0 Å². The van der Waals surface area contributed by atoms with Crippen LogP contribution >= 0.6 is 11.3 Å². The van der Waals surface area contributed by atoms with E-state index in [9.17, 15) is 27.6 Å². The summed E-state index contributed by atoms with van der Waals surface area (Å²) in [6, 6.07) is 4.88. The summed E-state index contributed by atoms with van der Waals surface area (Å²) in [6.45, 7) is 2.93. The molecule has 1 aliphatic carbocycles. The maximum atomic E-state index is 13.2. The first-order valence-electron chi connectivity index (χ1n) is 11.7. The van der Waals surface area contributed by atoms with Gasteiger partial charge >= 0.3 is 6.18 Å². The predicted molar refractivity (Wildman–Crippen MR) is 123 cm³/mol. The number of amides is 1. The number of halogens is 3. The number of Topliss-reactive ketones (excluding diaryl/α,β-unsaturated/α-hetero) is 1. The average molecular weight is 519 g/mol. The number of thiophene rings is 1. The van der Waals surface area contributed by atoms with Crippen LogP contribution in [0.3, 0.4) is 0 Å². The lowest BCUT2D eigenvalue weighted by Crippen LogP contribution is -2.41. The zero-order valence-electron chi connectivity index (χ0n) is 19.0. The summed E-state index contributed by atoms with van der Waals surface area (Å²) in [5.41, 5.74) is 1.17. The van der Waals surface area contributed by atoms with Crippen molar-refractivity contribution in [2.45, 2.75) is 19.0 Å². The number of rotatable bonds is 5. The van der Waals surface area contributed by atoms with Gasteiger partial charge in [0.25, 0.3) is 5.91 Å². The van der Waals surface area contributed by atoms with E-state index in [2.05, 4.69) is 5.16 Å². The zero-order chi connectivity index (χ0) is 25.2. The van der Waals surface area contributed by atoms with Crippen molar-refractivity contribution in [3.05, 3.63) is 46.2 Å². The normalized spacial score (nSPS) is 20.9. The summed E-state index contributed by atoms with van der Waals surface area (Å²) in [6.07, 6.45) is -3.05. The molecule has 0 atom stereocenters. The van der Waals surface area contributed by atoms with Crippen LogP contribution in [0.2, 0.25) is 0 Å². The minimum absolute atomic E-state index is 0.0547. The number of allylic oxidation sites excluding steroid dienone is 2. The Morgan fingerprint density at radius 3 is 2.36 bits per heavy atom. The Kier molecular flexibility index (Phi) is 5.32. The van der Waals surface area contributed by atoms with Crippen molar-refractivity contribution < 1.29 is 32.1 Å². The first kappa shape index (κ1) is 23.0. The molecule has 6 rings (SSSR count). The molecular formula is C24H21F3N4O4S. The van der Waals surface area contributed by atoms with Gasteiger partial charge in [-0.05, 0) is 25.0 Å². The number of nitrogens with zero attached hydrogens (tertiary/aromatic N) is 4. The highest BCUT2D eigenvalue weighted by atomic mass is 32.1. The van der Waals surface area contributed by atoms with Crippen LogP contribution in [0.4, 0.5) is 13.2 Å². The molecule has 3 fully saturated rings. The smallest absolute Gasteiger partial charge is 0.365 e. The second-order valence-electron chi connectivity index (χ2n) is 9.27. The first-order valence-corrected chi connectivity index (χ1v) is 12.5. The molecule has 0 unspecified atom stereocenters. The molecule has 5 heterocycles. The SMILES string of the molecule is O=C1C=C(N2CC2)C(=O)C(c2cc(-c3ccc(C(=O)N4CCC(C(F)(F)F)CC4)s3)on2)=C1N1CC1. The quantitative estimate of drug-likeness (QED) is 0.444.